The molecule has 0 saturated heterocycles. The number of fused-ring (bicyclic) bond motifs is 1. The van der Waals surface area contributed by atoms with Crippen LogP contribution in [-0.4, -0.2) is 13.3 Å². The van der Waals surface area contributed by atoms with Crippen LogP contribution in [0.1, 0.15) is 23.1 Å². The number of carbonyl (C=O) groups excluding carboxylic acids is 1. The Kier molecular flexibility index (Phi) is 4.06. The number of nitrogens with one attached hydrogen (secondary N) is 1. The van der Waals surface area contributed by atoms with Crippen molar-refractivity contribution >= 4 is 22.6 Å². The number of dihydropyridines is 1. The van der Waals surface area contributed by atoms with Crippen LogP contribution < -0.4 is 5.32 Å². The summed E-state index contributed by atoms with van der Waals surface area (Å²) in [6, 6.07) is 10.6. The SMILES string of the molecule is COC(=O)OC1=C(c2cc(C)cc3ccc(C)cc23)NC=CC1. The molecule has 0 bridgehead atoms. The number of allylic oxidation sites excluding steroid dienone is 1. The van der Waals surface area contributed by atoms with E-state index >= 15 is 0 Å². The van der Waals surface area contributed by atoms with Crippen LogP contribution in [0.5, 0.6) is 0 Å². The van der Waals surface area contributed by atoms with Crippen molar-refractivity contribution in [1.82, 2.24) is 5.32 Å². The van der Waals surface area contributed by atoms with E-state index in [0.717, 1.165) is 27.6 Å². The Labute approximate surface area is 135 Å². The number of rotatable bonds is 2. The summed E-state index contributed by atoms with van der Waals surface area (Å²) < 4.78 is 9.95. The molecule has 23 heavy (non-hydrogen) atoms. The molecule has 1 aliphatic heterocycles. The van der Waals surface area contributed by atoms with Crippen LogP contribution in [0.25, 0.3) is 16.5 Å². The van der Waals surface area contributed by atoms with Crippen LogP contribution in [0.4, 0.5) is 4.79 Å². The fourth-order valence-electron chi connectivity index (χ4n) is 2.78. The van der Waals surface area contributed by atoms with Crippen molar-refractivity contribution in [2.24, 2.45) is 0 Å². The summed E-state index contributed by atoms with van der Waals surface area (Å²) in [5.41, 5.74) is 4.16. The van der Waals surface area contributed by atoms with Crippen molar-refractivity contribution in [3.8, 4) is 0 Å². The lowest BCUT2D eigenvalue weighted by atomic mass is 9.96. The van der Waals surface area contributed by atoms with E-state index in [0.29, 0.717) is 12.2 Å². The smallest absolute Gasteiger partial charge is 0.437 e. The van der Waals surface area contributed by atoms with Crippen LogP contribution >= 0.6 is 0 Å². The molecule has 4 nitrogen and oxygen atoms in total. The minimum Gasteiger partial charge on any atom is -0.437 e. The predicted octanol–water partition coefficient (Wildman–Crippen LogP) is 4.42. The topological polar surface area (TPSA) is 47.6 Å². The molecule has 1 heterocycles. The molecule has 1 aliphatic rings. The standard InChI is InChI=1S/C19H19NO3/c1-12-6-7-14-9-13(2)11-16(15(14)10-12)18-17(5-4-8-20-18)23-19(21)22-3/h4,6-11,20H,5H2,1-3H3. The maximum absolute atomic E-state index is 11.5. The maximum Gasteiger partial charge on any atom is 0.513 e. The monoisotopic (exact) mass is 309 g/mol. The van der Waals surface area contributed by atoms with E-state index in [1.54, 1.807) is 0 Å². The molecule has 3 rings (SSSR count). The highest BCUT2D eigenvalue weighted by atomic mass is 16.7. The van der Waals surface area contributed by atoms with Gasteiger partial charge >= 0.3 is 6.16 Å². The van der Waals surface area contributed by atoms with E-state index < -0.39 is 6.16 Å². The third-order valence-corrected chi connectivity index (χ3v) is 3.82. The molecule has 2 aromatic carbocycles. The molecule has 0 radical (unpaired) electrons. The summed E-state index contributed by atoms with van der Waals surface area (Å²) in [4.78, 5) is 11.5. The first-order chi connectivity index (χ1) is 11.1. The lowest BCUT2D eigenvalue weighted by molar-refractivity contribution is 0.0960. The molecule has 0 amide bonds. The van der Waals surface area contributed by atoms with Crippen molar-refractivity contribution in [3.05, 3.63) is 65.1 Å². The molecule has 0 spiro atoms. The van der Waals surface area contributed by atoms with Crippen LogP contribution in [0.3, 0.4) is 0 Å². The zero-order chi connectivity index (χ0) is 16.4. The third-order valence-electron chi connectivity index (χ3n) is 3.82. The Hall–Kier alpha value is -2.75. The number of aryl methyl sites for hydroxylation is 2. The highest BCUT2D eigenvalue weighted by Gasteiger charge is 2.18. The van der Waals surface area contributed by atoms with Gasteiger partial charge in [0.05, 0.1) is 12.8 Å². The molecule has 2 aromatic rings. The number of methoxy groups -OCH3 is 1. The van der Waals surface area contributed by atoms with Crippen LogP contribution in [0, 0.1) is 13.8 Å². The van der Waals surface area contributed by atoms with Gasteiger partial charge in [-0.2, -0.15) is 0 Å². The fourth-order valence-corrected chi connectivity index (χ4v) is 2.78. The Morgan fingerprint density at radius 3 is 2.74 bits per heavy atom. The Morgan fingerprint density at radius 1 is 1.13 bits per heavy atom. The van der Waals surface area contributed by atoms with E-state index in [9.17, 15) is 4.79 Å². The number of hydrogen-bond acceptors (Lipinski definition) is 4. The number of hydrogen-bond donors (Lipinski definition) is 1. The summed E-state index contributed by atoms with van der Waals surface area (Å²) in [7, 11) is 1.31. The van der Waals surface area contributed by atoms with Crippen molar-refractivity contribution < 1.29 is 14.3 Å². The second-order valence-electron chi connectivity index (χ2n) is 5.64. The van der Waals surface area contributed by atoms with E-state index in [2.05, 4.69) is 54.2 Å². The number of carbonyl (C=O) groups is 1. The van der Waals surface area contributed by atoms with E-state index in [1.165, 1.54) is 12.7 Å². The van der Waals surface area contributed by atoms with Gasteiger partial charge in [-0.1, -0.05) is 35.9 Å². The molecule has 1 N–H and O–H groups in total. The largest absolute Gasteiger partial charge is 0.513 e. The van der Waals surface area contributed by atoms with Crippen molar-refractivity contribution in [2.45, 2.75) is 20.3 Å². The molecule has 4 heteroatoms. The highest BCUT2D eigenvalue weighted by Crippen LogP contribution is 2.31. The molecule has 0 saturated carbocycles. The second-order valence-corrected chi connectivity index (χ2v) is 5.64. The van der Waals surface area contributed by atoms with Gasteiger partial charge in [0, 0.05) is 12.0 Å². The van der Waals surface area contributed by atoms with Crippen LogP contribution in [0.2, 0.25) is 0 Å². The molecular formula is C19H19NO3. The zero-order valence-electron chi connectivity index (χ0n) is 13.5. The van der Waals surface area contributed by atoms with Gasteiger partial charge in [-0.3, -0.25) is 0 Å². The molecule has 118 valence electrons. The van der Waals surface area contributed by atoms with Gasteiger partial charge in [0.1, 0.15) is 5.76 Å². The molecule has 0 atom stereocenters. The second kappa shape index (κ2) is 6.16. The van der Waals surface area contributed by atoms with Gasteiger partial charge in [0.2, 0.25) is 0 Å². The van der Waals surface area contributed by atoms with Crippen LogP contribution in [-0.2, 0) is 9.47 Å². The zero-order valence-corrected chi connectivity index (χ0v) is 13.5. The number of benzene rings is 2. The predicted molar refractivity (Wildman–Crippen MR) is 90.7 cm³/mol. The average molecular weight is 309 g/mol. The Balaban J connectivity index is 2.20. The lowest BCUT2D eigenvalue weighted by Gasteiger charge is -2.19. The Morgan fingerprint density at radius 2 is 1.96 bits per heavy atom. The minimum absolute atomic E-state index is 0.540. The quantitative estimate of drug-likeness (QED) is 0.834. The van der Waals surface area contributed by atoms with E-state index in [-0.39, 0.29) is 0 Å². The maximum atomic E-state index is 11.5. The third kappa shape index (κ3) is 3.06. The molecule has 0 aromatic heterocycles. The van der Waals surface area contributed by atoms with Gasteiger partial charge < -0.3 is 14.8 Å². The summed E-state index contributed by atoms with van der Waals surface area (Å²) in [6.45, 7) is 4.13. The number of ether oxygens (including phenoxy) is 2. The average Bonchev–Trinajstić information content (AvgIpc) is 2.55. The highest BCUT2D eigenvalue weighted by molar-refractivity contribution is 5.95. The first kappa shape index (κ1) is 15.2. The summed E-state index contributed by atoms with van der Waals surface area (Å²) in [5.74, 6) is 0.563. The summed E-state index contributed by atoms with van der Waals surface area (Å²) in [6.07, 6.45) is 3.61. The molecule has 0 aliphatic carbocycles. The van der Waals surface area contributed by atoms with Gasteiger partial charge in [0.15, 0.2) is 0 Å². The van der Waals surface area contributed by atoms with Crippen molar-refractivity contribution in [2.75, 3.05) is 7.11 Å². The van der Waals surface area contributed by atoms with Gasteiger partial charge in [-0.25, -0.2) is 4.79 Å². The molecule has 0 unspecified atom stereocenters. The summed E-state index contributed by atoms with van der Waals surface area (Å²) in [5, 5.41) is 5.50. The molecular weight excluding hydrogens is 290 g/mol. The lowest BCUT2D eigenvalue weighted by Crippen LogP contribution is -2.15. The molecule has 0 fully saturated rings. The fraction of sp³-hybridized carbons (Fsp3) is 0.211. The van der Waals surface area contributed by atoms with Gasteiger partial charge in [-0.05, 0) is 42.4 Å². The van der Waals surface area contributed by atoms with Crippen LogP contribution in [0.15, 0.2) is 48.4 Å². The Bertz CT molecular complexity index is 834. The van der Waals surface area contributed by atoms with E-state index in [1.807, 2.05) is 12.3 Å². The minimum atomic E-state index is -0.706. The normalized spacial score (nSPS) is 13.9. The van der Waals surface area contributed by atoms with Gasteiger partial charge in [-0.15, -0.1) is 0 Å². The van der Waals surface area contributed by atoms with Crippen molar-refractivity contribution in [3.63, 3.8) is 0 Å². The van der Waals surface area contributed by atoms with E-state index in [4.69, 9.17) is 4.74 Å². The summed E-state index contributed by atoms with van der Waals surface area (Å²) >= 11 is 0. The van der Waals surface area contributed by atoms with Gasteiger partial charge in [0.25, 0.3) is 0 Å². The van der Waals surface area contributed by atoms with Crippen molar-refractivity contribution in [1.29, 1.82) is 0 Å². The first-order valence-corrected chi connectivity index (χ1v) is 7.50. The first-order valence-electron chi connectivity index (χ1n) is 7.50.